The van der Waals surface area contributed by atoms with Gasteiger partial charge in [-0.15, -0.1) is 0 Å². The van der Waals surface area contributed by atoms with Gasteiger partial charge in [0, 0.05) is 12.7 Å². The summed E-state index contributed by atoms with van der Waals surface area (Å²) in [6, 6.07) is 21.6. The number of para-hydroxylation sites is 3. The average molecular weight is 459 g/mol. The predicted molar refractivity (Wildman–Crippen MR) is 131 cm³/mol. The lowest BCUT2D eigenvalue weighted by Gasteiger charge is -2.22. The molecular weight excluding hydrogens is 432 g/mol. The van der Waals surface area contributed by atoms with Crippen molar-refractivity contribution < 1.29 is 23.8 Å². The molecule has 2 amide bonds. The maximum atomic E-state index is 13.9. The fraction of sp³-hybridized carbons (Fsp3) is 0.185. The zero-order valence-corrected chi connectivity index (χ0v) is 19.6. The summed E-state index contributed by atoms with van der Waals surface area (Å²) in [6.07, 6.45) is 0. The molecule has 0 spiro atoms. The molecule has 7 heteroatoms. The van der Waals surface area contributed by atoms with E-state index in [9.17, 15) is 9.59 Å². The molecule has 0 unspecified atom stereocenters. The zero-order valence-electron chi connectivity index (χ0n) is 19.6. The fourth-order valence-corrected chi connectivity index (χ4v) is 4.00. The Morgan fingerprint density at radius 1 is 0.794 bits per heavy atom. The molecule has 0 radical (unpaired) electrons. The number of methoxy groups -OCH3 is 2. The number of benzene rings is 3. The summed E-state index contributed by atoms with van der Waals surface area (Å²) in [5, 5.41) is 0. The Hall–Kier alpha value is -4.26. The van der Waals surface area contributed by atoms with Gasteiger partial charge in [0.25, 0.3) is 11.8 Å². The average Bonchev–Trinajstić information content (AvgIpc) is 3.13. The van der Waals surface area contributed by atoms with Crippen LogP contribution in [0.5, 0.6) is 17.2 Å². The smallest absolute Gasteiger partial charge is 0.282 e. The van der Waals surface area contributed by atoms with E-state index in [1.54, 1.807) is 61.5 Å². The predicted octanol–water partition coefficient (Wildman–Crippen LogP) is 4.52. The highest BCUT2D eigenvalue weighted by atomic mass is 16.5. The number of likely N-dealkylation sites (N-methyl/N-ethyl adjacent to an activating group) is 1. The second-order valence-corrected chi connectivity index (χ2v) is 7.53. The van der Waals surface area contributed by atoms with Gasteiger partial charge in [0.05, 0.1) is 32.1 Å². The number of carbonyl (C=O) groups is 2. The van der Waals surface area contributed by atoms with Crippen LogP contribution < -0.4 is 24.0 Å². The summed E-state index contributed by atoms with van der Waals surface area (Å²) in [7, 11) is 4.84. The van der Waals surface area contributed by atoms with Crippen LogP contribution in [0.4, 0.5) is 11.4 Å². The van der Waals surface area contributed by atoms with E-state index >= 15 is 0 Å². The van der Waals surface area contributed by atoms with E-state index in [1.807, 2.05) is 37.3 Å². The van der Waals surface area contributed by atoms with Crippen LogP contribution in [0.25, 0.3) is 5.57 Å². The number of anilines is 2. The molecule has 0 N–H and O–H groups in total. The van der Waals surface area contributed by atoms with Gasteiger partial charge >= 0.3 is 0 Å². The molecule has 1 aliphatic rings. The second-order valence-electron chi connectivity index (χ2n) is 7.53. The molecule has 0 atom stereocenters. The minimum absolute atomic E-state index is 0.259. The summed E-state index contributed by atoms with van der Waals surface area (Å²) < 4.78 is 16.5. The Morgan fingerprint density at radius 2 is 1.47 bits per heavy atom. The highest BCUT2D eigenvalue weighted by molar-refractivity contribution is 6.46. The number of imide groups is 1. The Labute approximate surface area is 198 Å². The summed E-state index contributed by atoms with van der Waals surface area (Å²) >= 11 is 0. The van der Waals surface area contributed by atoms with Crippen LogP contribution in [0.15, 0.2) is 78.5 Å². The normalized spacial score (nSPS) is 13.4. The third-order valence-corrected chi connectivity index (χ3v) is 5.62. The first-order valence-corrected chi connectivity index (χ1v) is 10.9. The molecule has 3 aromatic rings. The van der Waals surface area contributed by atoms with E-state index in [0.29, 0.717) is 35.1 Å². The van der Waals surface area contributed by atoms with Crippen LogP contribution in [0.1, 0.15) is 12.5 Å². The number of carbonyl (C=O) groups excluding carboxylic acids is 2. The largest absolute Gasteiger partial charge is 0.493 e. The van der Waals surface area contributed by atoms with Crippen molar-refractivity contribution in [2.45, 2.75) is 6.92 Å². The van der Waals surface area contributed by atoms with Gasteiger partial charge in [0.1, 0.15) is 11.4 Å². The monoisotopic (exact) mass is 458 g/mol. The molecule has 3 aromatic carbocycles. The summed E-state index contributed by atoms with van der Waals surface area (Å²) in [5.41, 5.74) is 2.24. The molecule has 34 heavy (non-hydrogen) atoms. The standard InChI is InChI=1S/C27H26N2O5/c1-5-34-21-14-10-9-13-20(21)29-26(30)24(18-15-16-22(32-3)23(17-18)33-4)25(27(29)31)28(2)19-11-7-6-8-12-19/h6-17H,5H2,1-4H3. The lowest BCUT2D eigenvalue weighted by atomic mass is 10.0. The van der Waals surface area contributed by atoms with Crippen molar-refractivity contribution in [3.05, 3.63) is 84.1 Å². The van der Waals surface area contributed by atoms with Crippen molar-refractivity contribution in [3.8, 4) is 17.2 Å². The van der Waals surface area contributed by atoms with Gasteiger partial charge in [0.15, 0.2) is 11.5 Å². The van der Waals surface area contributed by atoms with Gasteiger partial charge in [-0.2, -0.15) is 0 Å². The molecule has 174 valence electrons. The Bertz CT molecular complexity index is 1250. The molecule has 1 aliphatic heterocycles. The number of hydrogen-bond acceptors (Lipinski definition) is 6. The quantitative estimate of drug-likeness (QED) is 0.462. The van der Waals surface area contributed by atoms with Crippen LogP contribution >= 0.6 is 0 Å². The lowest BCUT2D eigenvalue weighted by molar-refractivity contribution is -0.120. The molecule has 0 aromatic heterocycles. The van der Waals surface area contributed by atoms with Crippen molar-refractivity contribution in [1.82, 2.24) is 0 Å². The summed E-state index contributed by atoms with van der Waals surface area (Å²) in [5.74, 6) is 0.570. The van der Waals surface area contributed by atoms with Gasteiger partial charge in [-0.25, -0.2) is 4.90 Å². The molecule has 0 bridgehead atoms. The van der Waals surface area contributed by atoms with Crippen LogP contribution in [0.2, 0.25) is 0 Å². The van der Waals surface area contributed by atoms with Crippen LogP contribution in [-0.2, 0) is 9.59 Å². The van der Waals surface area contributed by atoms with Gasteiger partial charge in [-0.1, -0.05) is 36.4 Å². The number of rotatable bonds is 8. The first-order chi connectivity index (χ1) is 16.5. The van der Waals surface area contributed by atoms with E-state index in [2.05, 4.69) is 0 Å². The van der Waals surface area contributed by atoms with Crippen LogP contribution in [-0.4, -0.2) is 39.7 Å². The SMILES string of the molecule is CCOc1ccccc1N1C(=O)C(c2ccc(OC)c(OC)c2)=C(N(C)c2ccccc2)C1=O. The van der Waals surface area contributed by atoms with Gasteiger partial charge in [-0.3, -0.25) is 9.59 Å². The van der Waals surface area contributed by atoms with Crippen molar-refractivity contribution in [2.24, 2.45) is 0 Å². The van der Waals surface area contributed by atoms with Crippen molar-refractivity contribution in [2.75, 3.05) is 37.7 Å². The van der Waals surface area contributed by atoms with Crippen molar-refractivity contribution >= 4 is 28.8 Å². The molecule has 0 fully saturated rings. The first-order valence-electron chi connectivity index (χ1n) is 10.9. The lowest BCUT2D eigenvalue weighted by Crippen LogP contribution is -2.34. The highest BCUT2D eigenvalue weighted by Crippen LogP contribution is 2.41. The van der Waals surface area contributed by atoms with Crippen molar-refractivity contribution in [1.29, 1.82) is 0 Å². The third kappa shape index (κ3) is 3.96. The molecule has 4 rings (SSSR count). The number of nitrogens with zero attached hydrogens (tertiary/aromatic N) is 2. The molecule has 0 saturated heterocycles. The zero-order chi connectivity index (χ0) is 24.2. The number of amides is 2. The Kier molecular flexibility index (Phi) is 6.54. The number of hydrogen-bond donors (Lipinski definition) is 0. The van der Waals surface area contributed by atoms with E-state index in [4.69, 9.17) is 14.2 Å². The van der Waals surface area contributed by atoms with E-state index in [1.165, 1.54) is 12.0 Å². The van der Waals surface area contributed by atoms with Gasteiger partial charge in [0.2, 0.25) is 0 Å². The maximum Gasteiger partial charge on any atom is 0.282 e. The minimum Gasteiger partial charge on any atom is -0.493 e. The topological polar surface area (TPSA) is 68.3 Å². The molecule has 0 saturated carbocycles. The van der Waals surface area contributed by atoms with Gasteiger partial charge in [-0.05, 0) is 48.9 Å². The van der Waals surface area contributed by atoms with Crippen LogP contribution in [0, 0.1) is 0 Å². The molecular formula is C27H26N2O5. The molecule has 0 aliphatic carbocycles. The summed E-state index contributed by atoms with van der Waals surface area (Å²) in [6.45, 7) is 2.26. The van der Waals surface area contributed by atoms with E-state index in [0.717, 1.165) is 5.69 Å². The second kappa shape index (κ2) is 9.70. The number of ether oxygens (including phenoxy) is 3. The Balaban J connectivity index is 1.91. The molecule has 1 heterocycles. The molecule has 7 nitrogen and oxygen atoms in total. The van der Waals surface area contributed by atoms with Crippen LogP contribution in [0.3, 0.4) is 0 Å². The third-order valence-electron chi connectivity index (χ3n) is 5.62. The van der Waals surface area contributed by atoms with Crippen molar-refractivity contribution in [3.63, 3.8) is 0 Å². The fourth-order valence-electron chi connectivity index (χ4n) is 4.00. The maximum absolute atomic E-state index is 13.9. The van der Waals surface area contributed by atoms with Gasteiger partial charge < -0.3 is 19.1 Å². The summed E-state index contributed by atoms with van der Waals surface area (Å²) in [4.78, 5) is 30.6. The highest BCUT2D eigenvalue weighted by Gasteiger charge is 2.43. The first kappa shape index (κ1) is 22.9. The van der Waals surface area contributed by atoms with E-state index in [-0.39, 0.29) is 11.3 Å². The minimum atomic E-state index is -0.442. The Morgan fingerprint density at radius 3 is 2.15 bits per heavy atom. The van der Waals surface area contributed by atoms with E-state index < -0.39 is 11.8 Å².